The van der Waals surface area contributed by atoms with Crippen LogP contribution in [-0.2, 0) is 18.3 Å². The van der Waals surface area contributed by atoms with Crippen molar-refractivity contribution in [2.75, 3.05) is 0 Å². The van der Waals surface area contributed by atoms with E-state index in [0.29, 0.717) is 17.2 Å². The van der Waals surface area contributed by atoms with Crippen LogP contribution in [0.25, 0.3) is 11.4 Å². The van der Waals surface area contributed by atoms with Gasteiger partial charge in [-0.3, -0.25) is 0 Å². The van der Waals surface area contributed by atoms with Crippen LogP contribution >= 0.6 is 0 Å². The quantitative estimate of drug-likeness (QED) is 0.926. The van der Waals surface area contributed by atoms with Gasteiger partial charge in [0.05, 0.1) is 5.56 Å². The molecule has 0 saturated heterocycles. The van der Waals surface area contributed by atoms with Crippen molar-refractivity contribution in [3.8, 4) is 11.4 Å². The summed E-state index contributed by atoms with van der Waals surface area (Å²) in [7, 11) is 0. The largest absolute Gasteiger partial charge is 0.416 e. The van der Waals surface area contributed by atoms with Gasteiger partial charge in [-0.15, -0.1) is 10.2 Å². The normalized spacial score (nSPS) is 12.7. The molecule has 1 N–H and O–H groups in total. The van der Waals surface area contributed by atoms with E-state index in [-0.39, 0.29) is 6.61 Å². The first-order valence-electron chi connectivity index (χ1n) is 6.38. The monoisotopic (exact) mass is 299 g/mol. The van der Waals surface area contributed by atoms with E-state index in [9.17, 15) is 18.3 Å². The van der Waals surface area contributed by atoms with Gasteiger partial charge < -0.3 is 9.67 Å². The molecule has 4 nitrogen and oxygen atoms in total. The third-order valence-corrected chi connectivity index (χ3v) is 2.99. The zero-order valence-corrected chi connectivity index (χ0v) is 11.9. The van der Waals surface area contributed by atoms with Gasteiger partial charge in [0.15, 0.2) is 11.6 Å². The summed E-state index contributed by atoms with van der Waals surface area (Å²) in [5.74, 6) is 0.618. The summed E-state index contributed by atoms with van der Waals surface area (Å²) in [5, 5.41) is 17.1. The number of alkyl halides is 3. The molecule has 0 aliphatic carbocycles. The second-order valence-electron chi connectivity index (χ2n) is 5.68. The zero-order chi connectivity index (χ0) is 15.8. The van der Waals surface area contributed by atoms with E-state index in [4.69, 9.17) is 0 Å². The summed E-state index contributed by atoms with van der Waals surface area (Å²) in [6.45, 7) is 5.27. The lowest BCUT2D eigenvalue weighted by atomic mass is 10.1. The number of aliphatic hydroxyl groups excluding tert-OH is 1. The highest BCUT2D eigenvalue weighted by atomic mass is 19.4. The predicted octanol–water partition coefficient (Wildman–Crippen LogP) is 3.21. The van der Waals surface area contributed by atoms with Crippen LogP contribution < -0.4 is 0 Å². The number of aliphatic hydroxyl groups is 1. The summed E-state index contributed by atoms with van der Waals surface area (Å²) >= 11 is 0. The fraction of sp³-hybridized carbons (Fsp3) is 0.429. The van der Waals surface area contributed by atoms with Gasteiger partial charge in [-0.25, -0.2) is 0 Å². The first-order chi connectivity index (χ1) is 9.64. The minimum Gasteiger partial charge on any atom is -0.388 e. The summed E-state index contributed by atoms with van der Waals surface area (Å²) in [6.07, 6.45) is -4.41. The highest BCUT2D eigenvalue weighted by Gasteiger charge is 2.31. The SMILES string of the molecule is CC(C)(C)n1c(CO)nnc1-c1cccc(C(F)(F)F)c1. The Morgan fingerprint density at radius 3 is 2.33 bits per heavy atom. The molecule has 0 fully saturated rings. The molecule has 0 unspecified atom stereocenters. The average Bonchev–Trinajstić information content (AvgIpc) is 2.81. The number of hydrogen-bond acceptors (Lipinski definition) is 3. The van der Waals surface area contributed by atoms with Gasteiger partial charge in [-0.05, 0) is 32.9 Å². The maximum Gasteiger partial charge on any atom is 0.416 e. The van der Waals surface area contributed by atoms with Crippen molar-refractivity contribution in [1.82, 2.24) is 14.8 Å². The minimum atomic E-state index is -4.41. The zero-order valence-electron chi connectivity index (χ0n) is 11.9. The smallest absolute Gasteiger partial charge is 0.388 e. The van der Waals surface area contributed by atoms with Gasteiger partial charge >= 0.3 is 6.18 Å². The fourth-order valence-corrected chi connectivity index (χ4v) is 2.15. The van der Waals surface area contributed by atoms with Crippen molar-refractivity contribution in [2.24, 2.45) is 0 Å². The molecule has 0 radical (unpaired) electrons. The molecule has 0 spiro atoms. The number of halogens is 3. The molecule has 0 saturated carbocycles. The van der Waals surface area contributed by atoms with Crippen LogP contribution in [0.15, 0.2) is 24.3 Å². The van der Waals surface area contributed by atoms with E-state index in [1.54, 1.807) is 10.6 Å². The van der Waals surface area contributed by atoms with Crippen molar-refractivity contribution in [2.45, 2.75) is 39.1 Å². The molecule has 2 aromatic rings. The number of rotatable bonds is 2. The first kappa shape index (κ1) is 15.5. The average molecular weight is 299 g/mol. The van der Waals surface area contributed by atoms with Crippen LogP contribution in [-0.4, -0.2) is 19.9 Å². The summed E-state index contributed by atoms with van der Waals surface area (Å²) < 4.78 is 40.1. The summed E-state index contributed by atoms with van der Waals surface area (Å²) in [4.78, 5) is 0. The molecule has 7 heteroatoms. The van der Waals surface area contributed by atoms with Crippen molar-refractivity contribution >= 4 is 0 Å². The molecule has 0 atom stereocenters. The number of hydrogen-bond donors (Lipinski definition) is 1. The van der Waals surface area contributed by atoms with Gasteiger partial charge in [-0.1, -0.05) is 12.1 Å². The van der Waals surface area contributed by atoms with Gasteiger partial charge in [0.1, 0.15) is 6.61 Å². The maximum atomic E-state index is 12.8. The Morgan fingerprint density at radius 1 is 1.14 bits per heavy atom. The lowest BCUT2D eigenvalue weighted by molar-refractivity contribution is -0.137. The predicted molar refractivity (Wildman–Crippen MR) is 71.4 cm³/mol. The van der Waals surface area contributed by atoms with Crippen LogP contribution in [0, 0.1) is 0 Å². The Kier molecular flexibility index (Phi) is 3.79. The van der Waals surface area contributed by atoms with E-state index in [2.05, 4.69) is 10.2 Å². The van der Waals surface area contributed by atoms with Crippen LogP contribution in [0.1, 0.15) is 32.2 Å². The number of nitrogens with zero attached hydrogens (tertiary/aromatic N) is 3. The van der Waals surface area contributed by atoms with E-state index in [1.807, 2.05) is 20.8 Å². The van der Waals surface area contributed by atoms with E-state index in [1.165, 1.54) is 6.07 Å². The van der Waals surface area contributed by atoms with Gasteiger partial charge in [0, 0.05) is 11.1 Å². The molecule has 1 aromatic heterocycles. The second-order valence-corrected chi connectivity index (χ2v) is 5.68. The summed E-state index contributed by atoms with van der Waals surface area (Å²) in [5.41, 5.74) is -0.897. The van der Waals surface area contributed by atoms with Crippen LogP contribution in [0.4, 0.5) is 13.2 Å². The molecule has 0 amide bonds. The molecular weight excluding hydrogens is 283 g/mol. The van der Waals surface area contributed by atoms with E-state index in [0.717, 1.165) is 12.1 Å². The Balaban J connectivity index is 2.61. The van der Waals surface area contributed by atoms with Gasteiger partial charge in [0.2, 0.25) is 0 Å². The molecule has 21 heavy (non-hydrogen) atoms. The third kappa shape index (κ3) is 3.07. The molecule has 0 aliphatic rings. The molecule has 0 bridgehead atoms. The molecule has 1 heterocycles. The number of aromatic nitrogens is 3. The Morgan fingerprint density at radius 2 is 1.81 bits per heavy atom. The van der Waals surface area contributed by atoms with Crippen molar-refractivity contribution < 1.29 is 18.3 Å². The second kappa shape index (κ2) is 5.14. The number of benzene rings is 1. The molecule has 114 valence electrons. The Labute approximate surface area is 120 Å². The molecule has 1 aromatic carbocycles. The van der Waals surface area contributed by atoms with Crippen LogP contribution in [0.5, 0.6) is 0 Å². The molecule has 2 rings (SSSR count). The first-order valence-corrected chi connectivity index (χ1v) is 6.38. The summed E-state index contributed by atoms with van der Waals surface area (Å²) in [6, 6.07) is 4.92. The van der Waals surface area contributed by atoms with Crippen LogP contribution in [0.2, 0.25) is 0 Å². The van der Waals surface area contributed by atoms with Crippen molar-refractivity contribution in [3.63, 3.8) is 0 Å². The molecule has 0 aliphatic heterocycles. The lowest BCUT2D eigenvalue weighted by Gasteiger charge is -2.24. The maximum absolute atomic E-state index is 12.8. The van der Waals surface area contributed by atoms with Gasteiger partial charge in [0.25, 0.3) is 0 Å². The fourth-order valence-electron chi connectivity index (χ4n) is 2.15. The minimum absolute atomic E-state index is 0.303. The topological polar surface area (TPSA) is 50.9 Å². The third-order valence-electron chi connectivity index (χ3n) is 2.99. The highest BCUT2D eigenvalue weighted by molar-refractivity contribution is 5.57. The van der Waals surface area contributed by atoms with E-state index < -0.39 is 17.3 Å². The van der Waals surface area contributed by atoms with Gasteiger partial charge in [-0.2, -0.15) is 13.2 Å². The lowest BCUT2D eigenvalue weighted by Crippen LogP contribution is -2.25. The Bertz CT molecular complexity index is 642. The standard InChI is InChI=1S/C14H16F3N3O/c1-13(2,3)20-11(8-21)18-19-12(20)9-5-4-6-10(7-9)14(15,16)17/h4-7,21H,8H2,1-3H3. The molecular formula is C14H16F3N3O. The van der Waals surface area contributed by atoms with Crippen molar-refractivity contribution in [1.29, 1.82) is 0 Å². The van der Waals surface area contributed by atoms with E-state index >= 15 is 0 Å². The highest BCUT2D eigenvalue weighted by Crippen LogP contribution is 2.33. The Hall–Kier alpha value is -1.89. The van der Waals surface area contributed by atoms with Crippen molar-refractivity contribution in [3.05, 3.63) is 35.7 Å². The van der Waals surface area contributed by atoms with Crippen LogP contribution in [0.3, 0.4) is 0 Å².